The first kappa shape index (κ1) is 24.3. The van der Waals surface area contributed by atoms with Gasteiger partial charge in [-0.05, 0) is 30.2 Å². The number of halogens is 5. The summed E-state index contributed by atoms with van der Waals surface area (Å²) in [6.07, 6.45) is -2.26. The first-order chi connectivity index (χ1) is 12.9. The minimum absolute atomic E-state index is 0. The summed E-state index contributed by atoms with van der Waals surface area (Å²) in [4.78, 5) is 7.96. The summed E-state index contributed by atoms with van der Waals surface area (Å²) in [7, 11) is 1.61. The number of nitrogens with one attached hydrogen (secondary N) is 2. The molecule has 0 amide bonds. The maximum absolute atomic E-state index is 12.3. The van der Waals surface area contributed by atoms with Crippen LogP contribution in [0.1, 0.15) is 11.1 Å². The Morgan fingerprint density at radius 1 is 1.18 bits per heavy atom. The van der Waals surface area contributed by atoms with Gasteiger partial charge in [0.05, 0.1) is 0 Å². The van der Waals surface area contributed by atoms with Gasteiger partial charge in [-0.1, -0.05) is 29.8 Å². The number of alkyl halides is 3. The first-order valence-electron chi connectivity index (χ1n) is 8.20. The molecule has 2 rings (SSSR count). The fraction of sp³-hybridized carbons (Fsp3) is 0.333. The van der Waals surface area contributed by atoms with Crippen molar-refractivity contribution in [3.63, 3.8) is 0 Å². The summed E-state index contributed by atoms with van der Waals surface area (Å²) in [5.74, 6) is 0.466. The van der Waals surface area contributed by atoms with Gasteiger partial charge in [-0.25, -0.2) is 4.98 Å². The molecular weight excluding hydrogens is 508 g/mol. The van der Waals surface area contributed by atoms with Crippen molar-refractivity contribution in [2.24, 2.45) is 4.99 Å². The normalized spacial score (nSPS) is 11.5. The lowest BCUT2D eigenvalue weighted by atomic mass is 10.1. The Balaban J connectivity index is 0.00000392. The van der Waals surface area contributed by atoms with Crippen LogP contribution in [-0.2, 0) is 13.0 Å². The van der Waals surface area contributed by atoms with E-state index in [0.29, 0.717) is 23.1 Å². The van der Waals surface area contributed by atoms with Crippen LogP contribution in [-0.4, -0.2) is 37.3 Å². The standard InChI is InChI=1S/C18H20ClF3N4O.HI/c1-23-17(25-10-8-13-4-6-15(19)7-5-13)26-11-14-3-2-9-24-16(14)27-12-18(20,21)22;/h2-7,9H,8,10-12H2,1H3,(H2,23,25,26);1H. The molecule has 0 bridgehead atoms. The van der Waals surface area contributed by atoms with Gasteiger partial charge in [0.15, 0.2) is 12.6 Å². The van der Waals surface area contributed by atoms with Gasteiger partial charge in [-0.2, -0.15) is 13.2 Å². The van der Waals surface area contributed by atoms with Gasteiger partial charge in [0, 0.05) is 36.9 Å². The lowest BCUT2D eigenvalue weighted by Crippen LogP contribution is -2.38. The molecular formula is C18H21ClF3IN4O. The summed E-state index contributed by atoms with van der Waals surface area (Å²) in [6, 6.07) is 10.8. The molecule has 0 spiro atoms. The van der Waals surface area contributed by atoms with Crippen LogP contribution in [0.4, 0.5) is 13.2 Å². The van der Waals surface area contributed by atoms with Gasteiger partial charge in [0.1, 0.15) is 0 Å². The quantitative estimate of drug-likeness (QED) is 0.321. The van der Waals surface area contributed by atoms with Gasteiger partial charge in [0.25, 0.3) is 0 Å². The molecule has 5 nitrogen and oxygen atoms in total. The lowest BCUT2D eigenvalue weighted by molar-refractivity contribution is -0.154. The molecule has 28 heavy (non-hydrogen) atoms. The van der Waals surface area contributed by atoms with E-state index in [9.17, 15) is 13.2 Å². The number of ether oxygens (including phenoxy) is 1. The van der Waals surface area contributed by atoms with Gasteiger partial charge in [-0.15, -0.1) is 24.0 Å². The second-order valence-corrected chi connectivity index (χ2v) is 6.04. The number of aliphatic imine (C=N–C) groups is 1. The summed E-state index contributed by atoms with van der Waals surface area (Å²) in [5, 5.41) is 6.86. The molecule has 0 aliphatic rings. The van der Waals surface area contributed by atoms with Crippen molar-refractivity contribution >= 4 is 41.5 Å². The van der Waals surface area contributed by atoms with Gasteiger partial charge in [0.2, 0.25) is 5.88 Å². The number of hydrogen-bond donors (Lipinski definition) is 2. The van der Waals surface area contributed by atoms with E-state index >= 15 is 0 Å². The highest BCUT2D eigenvalue weighted by Crippen LogP contribution is 2.19. The SMILES string of the molecule is CN=C(NCCc1ccc(Cl)cc1)NCc1cccnc1OCC(F)(F)F.I. The van der Waals surface area contributed by atoms with Gasteiger partial charge in [-0.3, -0.25) is 4.99 Å². The van der Waals surface area contributed by atoms with E-state index in [4.69, 9.17) is 16.3 Å². The number of benzene rings is 1. The zero-order chi connectivity index (χ0) is 19.7. The molecule has 0 fully saturated rings. The van der Waals surface area contributed by atoms with E-state index in [1.54, 1.807) is 19.2 Å². The van der Waals surface area contributed by atoms with Crippen LogP contribution in [0.2, 0.25) is 5.02 Å². The van der Waals surface area contributed by atoms with Crippen LogP contribution in [0.15, 0.2) is 47.6 Å². The third kappa shape index (κ3) is 8.96. The average molecular weight is 529 g/mol. The molecule has 0 radical (unpaired) electrons. The highest BCUT2D eigenvalue weighted by atomic mass is 127. The molecule has 0 atom stereocenters. The number of rotatable bonds is 7. The van der Waals surface area contributed by atoms with Crippen molar-refractivity contribution in [2.45, 2.75) is 19.1 Å². The lowest BCUT2D eigenvalue weighted by Gasteiger charge is -2.14. The largest absolute Gasteiger partial charge is 0.468 e. The molecule has 154 valence electrons. The minimum atomic E-state index is -4.42. The Hall–Kier alpha value is -1.75. The van der Waals surface area contributed by atoms with E-state index in [1.165, 1.54) is 6.20 Å². The predicted molar refractivity (Wildman–Crippen MR) is 115 cm³/mol. The average Bonchev–Trinajstić information content (AvgIpc) is 2.64. The Kier molecular flexibility index (Phi) is 10.4. The number of guanidine groups is 1. The molecule has 1 heterocycles. The van der Waals surface area contributed by atoms with Crippen molar-refractivity contribution in [3.8, 4) is 5.88 Å². The molecule has 0 aliphatic heterocycles. The minimum Gasteiger partial charge on any atom is -0.468 e. The smallest absolute Gasteiger partial charge is 0.422 e. The highest BCUT2D eigenvalue weighted by Gasteiger charge is 2.29. The van der Waals surface area contributed by atoms with E-state index in [-0.39, 0.29) is 36.4 Å². The predicted octanol–water partition coefficient (Wildman–Crippen LogP) is 4.20. The van der Waals surface area contributed by atoms with Crippen LogP contribution >= 0.6 is 35.6 Å². The molecule has 10 heteroatoms. The zero-order valence-electron chi connectivity index (χ0n) is 15.1. The first-order valence-corrected chi connectivity index (χ1v) is 8.57. The monoisotopic (exact) mass is 528 g/mol. The molecule has 0 aliphatic carbocycles. The Morgan fingerprint density at radius 2 is 1.89 bits per heavy atom. The number of nitrogens with zero attached hydrogens (tertiary/aromatic N) is 2. The van der Waals surface area contributed by atoms with Gasteiger partial charge < -0.3 is 15.4 Å². The van der Waals surface area contributed by atoms with Crippen molar-refractivity contribution in [2.75, 3.05) is 20.2 Å². The van der Waals surface area contributed by atoms with E-state index in [1.807, 2.05) is 24.3 Å². The summed E-state index contributed by atoms with van der Waals surface area (Å²) >= 11 is 5.86. The van der Waals surface area contributed by atoms with Crippen LogP contribution < -0.4 is 15.4 Å². The van der Waals surface area contributed by atoms with Crippen molar-refractivity contribution in [1.29, 1.82) is 0 Å². The Bertz CT molecular complexity index is 757. The van der Waals surface area contributed by atoms with Crippen molar-refractivity contribution in [3.05, 3.63) is 58.7 Å². The fourth-order valence-corrected chi connectivity index (χ4v) is 2.34. The molecule has 0 saturated heterocycles. The summed E-state index contributed by atoms with van der Waals surface area (Å²) in [6.45, 7) is -0.529. The summed E-state index contributed by atoms with van der Waals surface area (Å²) < 4.78 is 41.8. The van der Waals surface area contributed by atoms with Crippen LogP contribution in [0.25, 0.3) is 0 Å². The molecule has 0 unspecified atom stereocenters. The van der Waals surface area contributed by atoms with Crippen molar-refractivity contribution in [1.82, 2.24) is 15.6 Å². The third-order valence-corrected chi connectivity index (χ3v) is 3.76. The topological polar surface area (TPSA) is 58.5 Å². The van der Waals surface area contributed by atoms with Crippen LogP contribution in [0.5, 0.6) is 5.88 Å². The number of aromatic nitrogens is 1. The van der Waals surface area contributed by atoms with Crippen molar-refractivity contribution < 1.29 is 17.9 Å². The van der Waals surface area contributed by atoms with E-state index < -0.39 is 12.8 Å². The second-order valence-electron chi connectivity index (χ2n) is 5.60. The molecule has 1 aromatic carbocycles. The van der Waals surface area contributed by atoms with Crippen LogP contribution in [0.3, 0.4) is 0 Å². The summed E-state index contributed by atoms with van der Waals surface area (Å²) in [5.41, 5.74) is 1.62. The molecule has 2 aromatic rings. The maximum Gasteiger partial charge on any atom is 0.422 e. The second kappa shape index (κ2) is 11.9. The molecule has 0 saturated carbocycles. The maximum atomic E-state index is 12.3. The number of hydrogen-bond acceptors (Lipinski definition) is 3. The van der Waals surface area contributed by atoms with E-state index in [0.717, 1.165) is 12.0 Å². The van der Waals surface area contributed by atoms with Gasteiger partial charge >= 0.3 is 6.18 Å². The fourth-order valence-electron chi connectivity index (χ4n) is 2.21. The Labute approximate surface area is 183 Å². The highest BCUT2D eigenvalue weighted by molar-refractivity contribution is 14.0. The van der Waals surface area contributed by atoms with Crippen LogP contribution in [0, 0.1) is 0 Å². The van der Waals surface area contributed by atoms with E-state index in [2.05, 4.69) is 20.6 Å². The number of pyridine rings is 1. The molecule has 2 N–H and O–H groups in total. The zero-order valence-corrected chi connectivity index (χ0v) is 18.2. The third-order valence-electron chi connectivity index (χ3n) is 3.51. The molecule has 1 aromatic heterocycles. The Morgan fingerprint density at radius 3 is 2.54 bits per heavy atom.